The molecule has 0 aromatic carbocycles. The molecule has 0 fully saturated rings. The van der Waals surface area contributed by atoms with Crippen LogP contribution in [0.5, 0.6) is 0 Å². The summed E-state index contributed by atoms with van der Waals surface area (Å²) >= 11 is 1.51. The van der Waals surface area contributed by atoms with Crippen molar-refractivity contribution < 1.29 is 13.2 Å². The number of alkyl halides is 3. The molecule has 0 N–H and O–H groups in total. The molecule has 0 bridgehead atoms. The molecule has 26 heavy (non-hydrogen) atoms. The van der Waals surface area contributed by atoms with Crippen molar-refractivity contribution in [1.29, 1.82) is 0 Å². The SMILES string of the molecule is CC1CCc2c(sc3ncn(Cc4nnn(C)c4C(F)(F)F)c(=O)c23)C1. The van der Waals surface area contributed by atoms with Gasteiger partial charge in [0.15, 0.2) is 5.69 Å². The Kier molecular flexibility index (Phi) is 3.90. The predicted molar refractivity (Wildman–Crippen MR) is 90.2 cm³/mol. The van der Waals surface area contributed by atoms with E-state index in [-0.39, 0.29) is 17.8 Å². The smallest absolute Gasteiger partial charge is 0.292 e. The first-order chi connectivity index (χ1) is 12.3. The number of fused-ring (bicyclic) bond motifs is 3. The molecule has 1 aliphatic rings. The van der Waals surface area contributed by atoms with Crippen molar-refractivity contribution in [2.45, 2.75) is 38.9 Å². The molecule has 0 saturated carbocycles. The van der Waals surface area contributed by atoms with E-state index in [1.165, 1.54) is 29.3 Å². The number of hydrogen-bond donors (Lipinski definition) is 0. The highest BCUT2D eigenvalue weighted by Gasteiger charge is 2.38. The monoisotopic (exact) mass is 383 g/mol. The maximum Gasteiger partial charge on any atom is 0.434 e. The molecule has 4 rings (SSSR count). The Labute approximate surface area is 150 Å². The number of nitrogens with zero attached hydrogens (tertiary/aromatic N) is 5. The quantitative estimate of drug-likeness (QED) is 0.683. The number of aromatic nitrogens is 5. The van der Waals surface area contributed by atoms with Crippen molar-refractivity contribution >= 4 is 21.6 Å². The third kappa shape index (κ3) is 2.72. The second kappa shape index (κ2) is 5.90. The number of hydrogen-bond acceptors (Lipinski definition) is 5. The largest absolute Gasteiger partial charge is 0.434 e. The van der Waals surface area contributed by atoms with Gasteiger partial charge in [-0.1, -0.05) is 12.1 Å². The first-order valence-electron chi connectivity index (χ1n) is 8.21. The van der Waals surface area contributed by atoms with Gasteiger partial charge in [-0.15, -0.1) is 16.4 Å². The lowest BCUT2D eigenvalue weighted by molar-refractivity contribution is -0.144. The number of aryl methyl sites for hydroxylation is 2. The fraction of sp³-hybridized carbons (Fsp3) is 0.500. The molecule has 0 aliphatic heterocycles. The molecule has 1 atom stereocenters. The number of halogens is 3. The standard InChI is InChI=1S/C16H16F3N5OS/c1-8-3-4-9-11(5-8)26-14-12(9)15(25)24(7-20-14)6-10-13(16(17,18)19)23(2)22-21-10/h7-8H,3-6H2,1-2H3. The lowest BCUT2D eigenvalue weighted by Gasteiger charge is -2.17. The Morgan fingerprint density at radius 1 is 1.38 bits per heavy atom. The van der Waals surface area contributed by atoms with Crippen molar-refractivity contribution in [3.8, 4) is 0 Å². The summed E-state index contributed by atoms with van der Waals surface area (Å²) in [4.78, 5) is 19.0. The fourth-order valence-corrected chi connectivity index (χ4v) is 4.83. The average molecular weight is 383 g/mol. The molecule has 3 heterocycles. The van der Waals surface area contributed by atoms with Crippen LogP contribution in [0.25, 0.3) is 10.2 Å². The number of rotatable bonds is 2. The summed E-state index contributed by atoms with van der Waals surface area (Å²) in [5.74, 6) is 0.562. The molecule has 0 radical (unpaired) electrons. The molecule has 3 aromatic heterocycles. The summed E-state index contributed by atoms with van der Waals surface area (Å²) < 4.78 is 41.5. The zero-order valence-corrected chi connectivity index (χ0v) is 15.0. The fourth-order valence-electron chi connectivity index (χ4n) is 3.49. The van der Waals surface area contributed by atoms with E-state index in [1.807, 2.05) is 0 Å². The molecule has 0 amide bonds. The Morgan fingerprint density at radius 2 is 2.15 bits per heavy atom. The molecule has 0 spiro atoms. The van der Waals surface area contributed by atoms with Crippen LogP contribution in [0.15, 0.2) is 11.1 Å². The van der Waals surface area contributed by atoms with E-state index in [9.17, 15) is 18.0 Å². The molecule has 6 nitrogen and oxygen atoms in total. The van der Waals surface area contributed by atoms with E-state index in [4.69, 9.17) is 0 Å². The van der Waals surface area contributed by atoms with Crippen LogP contribution in [-0.4, -0.2) is 24.5 Å². The molecule has 1 aliphatic carbocycles. The molecule has 0 saturated heterocycles. The van der Waals surface area contributed by atoms with Gasteiger partial charge >= 0.3 is 6.18 Å². The number of thiophene rings is 1. The zero-order chi connectivity index (χ0) is 18.6. The molecule has 10 heteroatoms. The van der Waals surface area contributed by atoms with Crippen LogP contribution in [0.4, 0.5) is 13.2 Å². The molecular weight excluding hydrogens is 367 g/mol. The highest BCUT2D eigenvalue weighted by atomic mass is 32.1. The lowest BCUT2D eigenvalue weighted by atomic mass is 9.89. The summed E-state index contributed by atoms with van der Waals surface area (Å²) in [6.07, 6.45) is -0.582. The van der Waals surface area contributed by atoms with E-state index in [1.54, 1.807) is 0 Å². The van der Waals surface area contributed by atoms with Gasteiger partial charge in [0.05, 0.1) is 18.3 Å². The Bertz CT molecular complexity index is 1050. The lowest BCUT2D eigenvalue weighted by Crippen LogP contribution is -2.24. The second-order valence-corrected chi connectivity index (χ2v) is 7.80. The van der Waals surface area contributed by atoms with Crippen LogP contribution >= 0.6 is 11.3 Å². The Balaban J connectivity index is 1.80. The van der Waals surface area contributed by atoms with Crippen LogP contribution in [0.1, 0.15) is 35.2 Å². The second-order valence-electron chi connectivity index (χ2n) is 6.72. The van der Waals surface area contributed by atoms with Crippen LogP contribution in [-0.2, 0) is 32.6 Å². The zero-order valence-electron chi connectivity index (χ0n) is 14.2. The minimum absolute atomic E-state index is 0.291. The molecule has 138 valence electrons. The van der Waals surface area contributed by atoms with Gasteiger partial charge in [0.25, 0.3) is 5.56 Å². The van der Waals surface area contributed by atoms with Crippen molar-refractivity contribution in [2.75, 3.05) is 0 Å². The topological polar surface area (TPSA) is 65.6 Å². The summed E-state index contributed by atoms with van der Waals surface area (Å²) in [7, 11) is 1.18. The van der Waals surface area contributed by atoms with Gasteiger partial charge in [-0.25, -0.2) is 9.67 Å². The molecular formula is C16H16F3N5OS. The van der Waals surface area contributed by atoms with Gasteiger partial charge in [0.2, 0.25) is 0 Å². The highest BCUT2D eigenvalue weighted by Crippen LogP contribution is 2.35. The summed E-state index contributed by atoms with van der Waals surface area (Å²) in [5.41, 5.74) is -0.558. The van der Waals surface area contributed by atoms with Gasteiger partial charge in [-0.3, -0.25) is 9.36 Å². The first kappa shape index (κ1) is 17.2. The van der Waals surface area contributed by atoms with Crippen LogP contribution < -0.4 is 5.56 Å². The van der Waals surface area contributed by atoms with E-state index in [2.05, 4.69) is 22.2 Å². The average Bonchev–Trinajstić information content (AvgIpc) is 3.09. The summed E-state index contributed by atoms with van der Waals surface area (Å²) in [6.45, 7) is 1.86. The van der Waals surface area contributed by atoms with Crippen molar-refractivity contribution in [3.63, 3.8) is 0 Å². The van der Waals surface area contributed by atoms with Gasteiger partial charge < -0.3 is 0 Å². The maximum absolute atomic E-state index is 13.2. The first-order valence-corrected chi connectivity index (χ1v) is 9.02. The van der Waals surface area contributed by atoms with Gasteiger partial charge in [-0.2, -0.15) is 13.2 Å². The van der Waals surface area contributed by atoms with E-state index < -0.39 is 11.9 Å². The highest BCUT2D eigenvalue weighted by molar-refractivity contribution is 7.18. The van der Waals surface area contributed by atoms with Crippen molar-refractivity contribution in [1.82, 2.24) is 24.5 Å². The van der Waals surface area contributed by atoms with Crippen molar-refractivity contribution in [3.05, 3.63) is 38.5 Å². The summed E-state index contributed by atoms with van der Waals surface area (Å²) in [6, 6.07) is 0. The Morgan fingerprint density at radius 3 is 2.88 bits per heavy atom. The minimum atomic E-state index is -4.59. The van der Waals surface area contributed by atoms with Gasteiger partial charge in [0.1, 0.15) is 10.5 Å². The predicted octanol–water partition coefficient (Wildman–Crippen LogP) is 2.78. The summed E-state index contributed by atoms with van der Waals surface area (Å²) in [5, 5.41) is 7.58. The Hall–Kier alpha value is -2.23. The van der Waals surface area contributed by atoms with E-state index in [0.717, 1.165) is 29.7 Å². The molecule has 1 unspecified atom stereocenters. The van der Waals surface area contributed by atoms with Gasteiger partial charge in [0, 0.05) is 11.9 Å². The van der Waals surface area contributed by atoms with Crippen LogP contribution in [0.2, 0.25) is 0 Å². The normalized spacial score (nSPS) is 17.7. The minimum Gasteiger partial charge on any atom is -0.292 e. The third-order valence-corrected chi connectivity index (χ3v) is 5.93. The third-order valence-electron chi connectivity index (χ3n) is 4.77. The van der Waals surface area contributed by atoms with Gasteiger partial charge in [-0.05, 0) is 30.7 Å². The van der Waals surface area contributed by atoms with Crippen molar-refractivity contribution in [2.24, 2.45) is 13.0 Å². The maximum atomic E-state index is 13.2. The molecule has 3 aromatic rings. The van der Waals surface area contributed by atoms with Crippen LogP contribution in [0.3, 0.4) is 0 Å². The van der Waals surface area contributed by atoms with E-state index in [0.29, 0.717) is 20.8 Å². The van der Waals surface area contributed by atoms with E-state index >= 15 is 0 Å². The van der Waals surface area contributed by atoms with Crippen LogP contribution in [0, 0.1) is 5.92 Å².